The Balaban J connectivity index is 2.10. The van der Waals surface area contributed by atoms with Crippen LogP contribution in [0.1, 0.15) is 54.2 Å². The van der Waals surface area contributed by atoms with E-state index in [1.165, 1.54) is 5.56 Å². The summed E-state index contributed by atoms with van der Waals surface area (Å²) in [6.07, 6.45) is 0. The van der Waals surface area contributed by atoms with Crippen molar-refractivity contribution in [2.24, 2.45) is 0 Å². The van der Waals surface area contributed by atoms with Crippen molar-refractivity contribution in [1.82, 2.24) is 5.32 Å². The zero-order chi connectivity index (χ0) is 16.1. The molecular weight excluding hydrogens is 274 g/mol. The van der Waals surface area contributed by atoms with Crippen LogP contribution in [0.2, 0.25) is 0 Å². The maximum atomic E-state index is 12.4. The van der Waals surface area contributed by atoms with Crippen molar-refractivity contribution in [2.75, 3.05) is 7.11 Å². The summed E-state index contributed by atoms with van der Waals surface area (Å²) in [7, 11) is 1.57. The molecule has 1 unspecified atom stereocenters. The molecule has 0 saturated heterocycles. The monoisotopic (exact) mass is 297 g/mol. The Kier molecular flexibility index (Phi) is 5.21. The lowest BCUT2D eigenvalue weighted by atomic mass is 9.99. The molecule has 2 aromatic carbocycles. The van der Waals surface area contributed by atoms with Gasteiger partial charge in [-0.25, -0.2) is 0 Å². The van der Waals surface area contributed by atoms with Crippen LogP contribution < -0.4 is 10.1 Å². The number of carbonyl (C=O) groups is 1. The fourth-order valence-electron chi connectivity index (χ4n) is 2.36. The highest BCUT2D eigenvalue weighted by Gasteiger charge is 2.15. The first-order chi connectivity index (χ1) is 10.5. The Hall–Kier alpha value is -2.29. The number of ether oxygens (including phenoxy) is 1. The molecule has 0 fully saturated rings. The van der Waals surface area contributed by atoms with Crippen molar-refractivity contribution in [3.8, 4) is 5.75 Å². The first kappa shape index (κ1) is 16.1. The second kappa shape index (κ2) is 7.12. The molecule has 22 heavy (non-hydrogen) atoms. The Morgan fingerprint density at radius 2 is 1.55 bits per heavy atom. The smallest absolute Gasteiger partial charge is 0.255 e. The lowest BCUT2D eigenvalue weighted by molar-refractivity contribution is 0.0937. The zero-order valence-corrected chi connectivity index (χ0v) is 13.6. The van der Waals surface area contributed by atoms with E-state index in [0.717, 1.165) is 5.56 Å². The van der Waals surface area contributed by atoms with Gasteiger partial charge in [0.05, 0.1) is 18.7 Å². The average molecular weight is 297 g/mol. The number of carbonyl (C=O) groups excluding carboxylic acids is 1. The third-order valence-corrected chi connectivity index (χ3v) is 3.80. The second-order valence-corrected chi connectivity index (χ2v) is 5.72. The molecule has 1 N–H and O–H groups in total. The molecule has 0 spiro atoms. The van der Waals surface area contributed by atoms with Gasteiger partial charge in [0.1, 0.15) is 5.75 Å². The molecule has 0 heterocycles. The number of benzene rings is 2. The molecule has 3 heteroatoms. The average Bonchev–Trinajstić information content (AvgIpc) is 2.54. The van der Waals surface area contributed by atoms with E-state index in [-0.39, 0.29) is 11.9 Å². The molecule has 0 aliphatic rings. The fourth-order valence-corrected chi connectivity index (χ4v) is 2.36. The van der Waals surface area contributed by atoms with E-state index in [9.17, 15) is 4.79 Å². The molecule has 3 nitrogen and oxygen atoms in total. The molecule has 1 atom stereocenters. The number of rotatable bonds is 5. The summed E-state index contributed by atoms with van der Waals surface area (Å²) in [6, 6.07) is 15.6. The molecular formula is C19H23NO2. The van der Waals surface area contributed by atoms with E-state index in [2.05, 4.69) is 43.4 Å². The Morgan fingerprint density at radius 1 is 0.955 bits per heavy atom. The predicted octanol–water partition coefficient (Wildman–Crippen LogP) is 4.31. The van der Waals surface area contributed by atoms with Gasteiger partial charge in [0, 0.05) is 0 Å². The highest BCUT2D eigenvalue weighted by Crippen LogP contribution is 2.21. The number of methoxy groups -OCH3 is 1. The van der Waals surface area contributed by atoms with Crippen molar-refractivity contribution >= 4 is 5.91 Å². The molecule has 2 aromatic rings. The molecule has 0 bridgehead atoms. The number of nitrogens with one attached hydrogen (secondary N) is 1. The Labute approximate surface area is 132 Å². The minimum Gasteiger partial charge on any atom is -0.496 e. The number of hydrogen-bond acceptors (Lipinski definition) is 2. The van der Waals surface area contributed by atoms with Crippen LogP contribution >= 0.6 is 0 Å². The summed E-state index contributed by atoms with van der Waals surface area (Å²) >= 11 is 0. The van der Waals surface area contributed by atoms with Gasteiger partial charge in [-0.15, -0.1) is 0 Å². The molecule has 0 aliphatic carbocycles. The highest BCUT2D eigenvalue weighted by molar-refractivity contribution is 5.97. The van der Waals surface area contributed by atoms with Gasteiger partial charge in [0.25, 0.3) is 5.91 Å². The van der Waals surface area contributed by atoms with Crippen LogP contribution in [0.25, 0.3) is 0 Å². The second-order valence-electron chi connectivity index (χ2n) is 5.72. The van der Waals surface area contributed by atoms with Gasteiger partial charge >= 0.3 is 0 Å². The standard InChI is InChI=1S/C19H23NO2/c1-13(2)15-9-11-16(12-10-15)14(3)20-19(21)17-7-5-6-8-18(17)22-4/h5-14H,1-4H3,(H,20,21). The van der Waals surface area contributed by atoms with Gasteiger partial charge in [0.15, 0.2) is 0 Å². The zero-order valence-electron chi connectivity index (χ0n) is 13.6. The molecule has 0 aliphatic heterocycles. The van der Waals surface area contributed by atoms with E-state index in [0.29, 0.717) is 17.2 Å². The lowest BCUT2D eigenvalue weighted by Gasteiger charge is -2.16. The molecule has 0 radical (unpaired) electrons. The topological polar surface area (TPSA) is 38.3 Å². The van der Waals surface area contributed by atoms with Crippen LogP contribution in [0.4, 0.5) is 0 Å². The Bertz CT molecular complexity index is 632. The quantitative estimate of drug-likeness (QED) is 0.893. The summed E-state index contributed by atoms with van der Waals surface area (Å²) in [4.78, 5) is 12.4. The van der Waals surface area contributed by atoms with Gasteiger partial charge in [-0.1, -0.05) is 50.2 Å². The van der Waals surface area contributed by atoms with E-state index >= 15 is 0 Å². The summed E-state index contributed by atoms with van der Waals surface area (Å²) in [6.45, 7) is 6.32. The Morgan fingerprint density at radius 3 is 2.14 bits per heavy atom. The minimum absolute atomic E-state index is 0.0568. The van der Waals surface area contributed by atoms with Crippen molar-refractivity contribution in [3.63, 3.8) is 0 Å². The first-order valence-electron chi connectivity index (χ1n) is 7.56. The van der Waals surface area contributed by atoms with Gasteiger partial charge in [0.2, 0.25) is 0 Å². The SMILES string of the molecule is COc1ccccc1C(=O)NC(C)c1ccc(C(C)C)cc1. The van der Waals surface area contributed by atoms with E-state index < -0.39 is 0 Å². The van der Waals surface area contributed by atoms with Gasteiger partial charge < -0.3 is 10.1 Å². The van der Waals surface area contributed by atoms with Crippen LogP contribution in [0.5, 0.6) is 5.75 Å². The predicted molar refractivity (Wildman–Crippen MR) is 89.4 cm³/mol. The third kappa shape index (κ3) is 3.67. The minimum atomic E-state index is -0.127. The van der Waals surface area contributed by atoms with Crippen molar-refractivity contribution in [2.45, 2.75) is 32.7 Å². The van der Waals surface area contributed by atoms with Crippen LogP contribution in [-0.4, -0.2) is 13.0 Å². The summed E-state index contributed by atoms with van der Waals surface area (Å²) < 4.78 is 5.23. The van der Waals surface area contributed by atoms with Crippen LogP contribution in [0.3, 0.4) is 0 Å². The lowest BCUT2D eigenvalue weighted by Crippen LogP contribution is -2.27. The van der Waals surface area contributed by atoms with E-state index in [1.54, 1.807) is 19.2 Å². The van der Waals surface area contributed by atoms with E-state index in [1.807, 2.05) is 19.1 Å². The van der Waals surface area contributed by atoms with Gasteiger partial charge in [-0.05, 0) is 36.1 Å². The van der Waals surface area contributed by atoms with Gasteiger partial charge in [-0.3, -0.25) is 4.79 Å². The van der Waals surface area contributed by atoms with Crippen LogP contribution in [0.15, 0.2) is 48.5 Å². The number of amides is 1. The largest absolute Gasteiger partial charge is 0.496 e. The molecule has 116 valence electrons. The molecule has 0 saturated carbocycles. The summed E-state index contributed by atoms with van der Waals surface area (Å²) in [5, 5.41) is 3.02. The van der Waals surface area contributed by atoms with Crippen LogP contribution in [0, 0.1) is 0 Å². The first-order valence-corrected chi connectivity index (χ1v) is 7.56. The van der Waals surface area contributed by atoms with Crippen molar-refractivity contribution < 1.29 is 9.53 Å². The van der Waals surface area contributed by atoms with Crippen LogP contribution in [-0.2, 0) is 0 Å². The van der Waals surface area contributed by atoms with Gasteiger partial charge in [-0.2, -0.15) is 0 Å². The maximum Gasteiger partial charge on any atom is 0.255 e. The van der Waals surface area contributed by atoms with Crippen molar-refractivity contribution in [3.05, 3.63) is 65.2 Å². The van der Waals surface area contributed by atoms with Crippen molar-refractivity contribution in [1.29, 1.82) is 0 Å². The summed E-state index contributed by atoms with van der Waals surface area (Å²) in [5.74, 6) is 0.966. The third-order valence-electron chi connectivity index (χ3n) is 3.80. The van der Waals surface area contributed by atoms with E-state index in [4.69, 9.17) is 4.74 Å². The fraction of sp³-hybridized carbons (Fsp3) is 0.316. The normalized spacial score (nSPS) is 12.0. The summed E-state index contributed by atoms with van der Waals surface area (Å²) in [5.41, 5.74) is 2.94. The number of hydrogen-bond donors (Lipinski definition) is 1. The maximum absolute atomic E-state index is 12.4. The molecule has 0 aromatic heterocycles. The molecule has 2 rings (SSSR count). The highest BCUT2D eigenvalue weighted by atomic mass is 16.5. The molecule has 1 amide bonds. The number of para-hydroxylation sites is 1.